The molecule has 15 heavy (non-hydrogen) atoms. The summed E-state index contributed by atoms with van der Waals surface area (Å²) < 4.78 is 4.94. The van der Waals surface area contributed by atoms with Gasteiger partial charge in [0.05, 0.1) is 0 Å². The fourth-order valence-electron chi connectivity index (χ4n) is 1.06. The number of hydrogen-bond acceptors (Lipinski definition) is 4. The van der Waals surface area contributed by atoms with Gasteiger partial charge in [0.1, 0.15) is 6.61 Å². The summed E-state index contributed by atoms with van der Waals surface area (Å²) in [5.74, 6) is -0.580. The van der Waals surface area contributed by atoms with Crippen LogP contribution in [0.5, 0.6) is 0 Å². The summed E-state index contributed by atoms with van der Waals surface area (Å²) >= 11 is 0. The lowest BCUT2D eigenvalue weighted by atomic mass is 10.2. The summed E-state index contributed by atoms with van der Waals surface area (Å²) in [5.41, 5.74) is 0.935. The molecule has 0 fully saturated rings. The SMILES string of the molecule is CCC(=NO)C(=O)OCc1ccccc1. The average molecular weight is 207 g/mol. The number of hydrogen-bond donors (Lipinski definition) is 1. The molecule has 4 nitrogen and oxygen atoms in total. The summed E-state index contributed by atoms with van der Waals surface area (Å²) in [4.78, 5) is 11.3. The zero-order chi connectivity index (χ0) is 11.1. The van der Waals surface area contributed by atoms with Crippen LogP contribution in [0.2, 0.25) is 0 Å². The van der Waals surface area contributed by atoms with Crippen LogP contribution in [0.1, 0.15) is 18.9 Å². The van der Waals surface area contributed by atoms with Crippen LogP contribution in [0, 0.1) is 0 Å². The van der Waals surface area contributed by atoms with Crippen molar-refractivity contribution in [2.24, 2.45) is 5.16 Å². The maximum Gasteiger partial charge on any atom is 0.356 e. The van der Waals surface area contributed by atoms with Gasteiger partial charge in [-0.1, -0.05) is 42.4 Å². The van der Waals surface area contributed by atoms with Crippen molar-refractivity contribution in [1.82, 2.24) is 0 Å². The zero-order valence-corrected chi connectivity index (χ0v) is 8.51. The monoisotopic (exact) mass is 207 g/mol. The molecule has 0 spiro atoms. The molecule has 80 valence electrons. The predicted octanol–water partition coefficient (Wildman–Crippen LogP) is 1.97. The van der Waals surface area contributed by atoms with Crippen molar-refractivity contribution < 1.29 is 14.7 Å². The second kappa shape index (κ2) is 5.80. The molecule has 1 N–H and O–H groups in total. The van der Waals surface area contributed by atoms with Crippen molar-refractivity contribution in [3.63, 3.8) is 0 Å². The van der Waals surface area contributed by atoms with E-state index in [4.69, 9.17) is 9.94 Å². The molecule has 1 aromatic carbocycles. The van der Waals surface area contributed by atoms with Crippen LogP contribution in [0.25, 0.3) is 0 Å². The van der Waals surface area contributed by atoms with Gasteiger partial charge in [-0.3, -0.25) is 0 Å². The summed E-state index contributed by atoms with van der Waals surface area (Å²) in [6, 6.07) is 9.33. The molecular weight excluding hydrogens is 194 g/mol. The van der Waals surface area contributed by atoms with Gasteiger partial charge in [-0.15, -0.1) is 0 Å². The van der Waals surface area contributed by atoms with E-state index >= 15 is 0 Å². The van der Waals surface area contributed by atoms with Crippen LogP contribution in [-0.4, -0.2) is 16.9 Å². The van der Waals surface area contributed by atoms with Crippen LogP contribution in [0.4, 0.5) is 0 Å². The predicted molar refractivity (Wildman–Crippen MR) is 55.8 cm³/mol. The van der Waals surface area contributed by atoms with Crippen molar-refractivity contribution in [3.8, 4) is 0 Å². The number of benzene rings is 1. The van der Waals surface area contributed by atoms with Gasteiger partial charge in [0, 0.05) is 0 Å². The standard InChI is InChI=1S/C11H13NO3/c1-2-10(12-14)11(13)15-8-9-6-4-3-5-7-9/h3-7,14H,2,8H2,1H3. The first-order valence-corrected chi connectivity index (χ1v) is 4.70. The van der Waals surface area contributed by atoms with E-state index in [2.05, 4.69) is 5.16 Å². The Bertz CT molecular complexity index is 346. The van der Waals surface area contributed by atoms with E-state index in [1.165, 1.54) is 0 Å². The molecule has 0 aliphatic heterocycles. The Morgan fingerprint density at radius 2 is 2.07 bits per heavy atom. The molecule has 4 heteroatoms. The average Bonchev–Trinajstić information content (AvgIpc) is 2.29. The van der Waals surface area contributed by atoms with E-state index in [1.54, 1.807) is 6.92 Å². The molecule has 0 unspecified atom stereocenters. The lowest BCUT2D eigenvalue weighted by molar-refractivity contribution is -0.137. The number of carbonyl (C=O) groups is 1. The van der Waals surface area contributed by atoms with Crippen LogP contribution < -0.4 is 0 Å². The molecule has 0 aliphatic rings. The van der Waals surface area contributed by atoms with E-state index < -0.39 is 5.97 Å². The highest BCUT2D eigenvalue weighted by molar-refractivity contribution is 6.36. The Hall–Kier alpha value is -1.84. The van der Waals surface area contributed by atoms with E-state index in [0.717, 1.165) is 5.56 Å². The van der Waals surface area contributed by atoms with Gasteiger partial charge in [0.15, 0.2) is 5.71 Å². The smallest absolute Gasteiger partial charge is 0.356 e. The first-order chi connectivity index (χ1) is 7.27. The fourth-order valence-corrected chi connectivity index (χ4v) is 1.06. The Morgan fingerprint density at radius 3 is 2.60 bits per heavy atom. The molecule has 1 rings (SSSR count). The fraction of sp³-hybridized carbons (Fsp3) is 0.273. The van der Waals surface area contributed by atoms with Crippen molar-refractivity contribution in [3.05, 3.63) is 35.9 Å². The summed E-state index contributed by atoms with van der Waals surface area (Å²) in [5, 5.41) is 11.3. The quantitative estimate of drug-likeness (QED) is 0.355. The second-order valence-corrected chi connectivity index (χ2v) is 2.96. The lowest BCUT2D eigenvalue weighted by Gasteiger charge is -2.04. The van der Waals surface area contributed by atoms with E-state index in [1.807, 2.05) is 30.3 Å². The van der Waals surface area contributed by atoms with Gasteiger partial charge in [-0.2, -0.15) is 0 Å². The maximum absolute atomic E-state index is 11.3. The van der Waals surface area contributed by atoms with Gasteiger partial charge in [0.25, 0.3) is 0 Å². The minimum absolute atomic E-state index is 0.0333. The first-order valence-electron chi connectivity index (χ1n) is 4.70. The minimum atomic E-state index is -0.580. The maximum atomic E-state index is 11.3. The normalized spacial score (nSPS) is 11.1. The highest BCUT2D eigenvalue weighted by Gasteiger charge is 2.11. The van der Waals surface area contributed by atoms with Crippen LogP contribution in [0.3, 0.4) is 0 Å². The highest BCUT2D eigenvalue weighted by Crippen LogP contribution is 2.01. The van der Waals surface area contributed by atoms with Gasteiger partial charge in [-0.05, 0) is 12.0 Å². The van der Waals surface area contributed by atoms with Crippen molar-refractivity contribution >= 4 is 11.7 Å². The van der Waals surface area contributed by atoms with Gasteiger partial charge >= 0.3 is 5.97 Å². The largest absolute Gasteiger partial charge is 0.456 e. The molecule has 0 bridgehead atoms. The van der Waals surface area contributed by atoms with Crippen LogP contribution >= 0.6 is 0 Å². The van der Waals surface area contributed by atoms with Crippen molar-refractivity contribution in [1.29, 1.82) is 0 Å². The number of esters is 1. The highest BCUT2D eigenvalue weighted by atomic mass is 16.5. The molecule has 1 aromatic rings. The summed E-state index contributed by atoms with van der Waals surface area (Å²) in [6.07, 6.45) is 0.351. The van der Waals surface area contributed by atoms with E-state index in [9.17, 15) is 4.79 Å². The molecule has 0 amide bonds. The molecule has 0 aromatic heterocycles. The topological polar surface area (TPSA) is 58.9 Å². The lowest BCUT2D eigenvalue weighted by Crippen LogP contribution is -2.16. The van der Waals surface area contributed by atoms with Crippen molar-refractivity contribution in [2.45, 2.75) is 20.0 Å². The molecule has 0 aliphatic carbocycles. The van der Waals surface area contributed by atoms with Gasteiger partial charge < -0.3 is 9.94 Å². The number of rotatable bonds is 4. The third-order valence-electron chi connectivity index (χ3n) is 1.90. The Kier molecular flexibility index (Phi) is 4.34. The number of ether oxygens (including phenoxy) is 1. The molecule has 0 saturated heterocycles. The zero-order valence-electron chi connectivity index (χ0n) is 8.51. The number of nitrogens with zero attached hydrogens (tertiary/aromatic N) is 1. The van der Waals surface area contributed by atoms with Crippen molar-refractivity contribution in [2.75, 3.05) is 0 Å². The van der Waals surface area contributed by atoms with Crippen LogP contribution in [-0.2, 0) is 16.1 Å². The summed E-state index contributed by atoms with van der Waals surface area (Å²) in [6.45, 7) is 1.91. The summed E-state index contributed by atoms with van der Waals surface area (Å²) in [7, 11) is 0. The third kappa shape index (κ3) is 3.42. The Labute approximate surface area is 88.2 Å². The molecular formula is C11H13NO3. The molecule has 0 heterocycles. The van der Waals surface area contributed by atoms with Crippen LogP contribution in [0.15, 0.2) is 35.5 Å². The number of carbonyl (C=O) groups excluding carboxylic acids is 1. The third-order valence-corrected chi connectivity index (χ3v) is 1.90. The van der Waals surface area contributed by atoms with E-state index in [-0.39, 0.29) is 12.3 Å². The molecule has 0 saturated carbocycles. The molecule has 0 radical (unpaired) electrons. The minimum Gasteiger partial charge on any atom is -0.456 e. The molecule has 0 atom stereocenters. The van der Waals surface area contributed by atoms with Gasteiger partial charge in [-0.25, -0.2) is 4.79 Å². The first kappa shape index (κ1) is 11.2. The second-order valence-electron chi connectivity index (χ2n) is 2.96. The van der Waals surface area contributed by atoms with Gasteiger partial charge in [0.2, 0.25) is 0 Å². The number of oxime groups is 1. The Morgan fingerprint density at radius 1 is 1.40 bits per heavy atom. The Balaban J connectivity index is 2.48. The van der Waals surface area contributed by atoms with E-state index in [0.29, 0.717) is 6.42 Å².